The zero-order chi connectivity index (χ0) is 10.1. The van der Waals surface area contributed by atoms with Crippen LogP contribution in [0.3, 0.4) is 0 Å². The summed E-state index contributed by atoms with van der Waals surface area (Å²) < 4.78 is 0. The van der Waals surface area contributed by atoms with Crippen molar-refractivity contribution < 1.29 is 0 Å². The van der Waals surface area contributed by atoms with Gasteiger partial charge in [-0.25, -0.2) is 0 Å². The van der Waals surface area contributed by atoms with Gasteiger partial charge in [0.2, 0.25) is 0 Å². The summed E-state index contributed by atoms with van der Waals surface area (Å²) in [6.45, 7) is 6.07. The minimum atomic E-state index is 1.12. The van der Waals surface area contributed by atoms with Gasteiger partial charge in [0.1, 0.15) is 0 Å². The first kappa shape index (κ1) is 9.41. The number of para-hydroxylation sites is 1. The third kappa shape index (κ3) is 1.36. The first-order chi connectivity index (χ1) is 6.74. The Labute approximate surface area is 88.2 Å². The molecule has 1 aromatic carbocycles. The largest absolute Gasteiger partial charge is 0.349 e. The summed E-state index contributed by atoms with van der Waals surface area (Å²) >= 11 is 1.73. The van der Waals surface area contributed by atoms with Crippen LogP contribution in [0.25, 0.3) is 16.5 Å². The molecule has 14 heavy (non-hydrogen) atoms. The van der Waals surface area contributed by atoms with Crippen molar-refractivity contribution in [3.05, 3.63) is 36.4 Å². The fourth-order valence-electron chi connectivity index (χ4n) is 1.69. The molecule has 2 heteroatoms. The predicted molar refractivity (Wildman–Crippen MR) is 64.8 cm³/mol. The molecule has 0 aliphatic carbocycles. The topological polar surface area (TPSA) is 15.8 Å². The third-order valence-corrected chi connectivity index (χ3v) is 3.02. The molecule has 1 aromatic heterocycles. The molecule has 1 nitrogen and oxygen atoms in total. The van der Waals surface area contributed by atoms with Crippen molar-refractivity contribution in [2.75, 3.05) is 6.26 Å². The van der Waals surface area contributed by atoms with Gasteiger partial charge >= 0.3 is 0 Å². The maximum atomic E-state index is 4.02. The molecule has 72 valence electrons. The number of nitrogens with one attached hydrogen (secondary N) is 1. The number of thioether (sulfide) groups is 1. The maximum Gasteiger partial charge on any atom is 0.0806 e. The molecule has 0 saturated carbocycles. The van der Waals surface area contributed by atoms with Gasteiger partial charge in [0.25, 0.3) is 0 Å². The van der Waals surface area contributed by atoms with Crippen molar-refractivity contribution in [2.24, 2.45) is 0 Å². The standard InChI is InChI=1S/C12H13NS/c1-8(2)11-9-6-4-5-7-10(9)13-12(11)14-3/h4-7,13H,1H2,2-3H3. The van der Waals surface area contributed by atoms with Crippen LogP contribution in [0.5, 0.6) is 0 Å². The number of hydrogen-bond acceptors (Lipinski definition) is 1. The fraction of sp³-hybridized carbons (Fsp3) is 0.167. The summed E-state index contributed by atoms with van der Waals surface area (Å²) in [6.07, 6.45) is 2.08. The Hall–Kier alpha value is -1.15. The monoisotopic (exact) mass is 203 g/mol. The van der Waals surface area contributed by atoms with Crippen LogP contribution in [0.4, 0.5) is 0 Å². The van der Waals surface area contributed by atoms with Crippen LogP contribution >= 0.6 is 11.8 Å². The van der Waals surface area contributed by atoms with Crippen molar-refractivity contribution in [1.82, 2.24) is 4.98 Å². The molecule has 0 unspecified atom stereocenters. The minimum absolute atomic E-state index is 1.12. The summed E-state index contributed by atoms with van der Waals surface area (Å²) in [7, 11) is 0. The van der Waals surface area contributed by atoms with Crippen LogP contribution < -0.4 is 0 Å². The number of aromatic nitrogens is 1. The van der Waals surface area contributed by atoms with E-state index in [-0.39, 0.29) is 0 Å². The number of hydrogen-bond donors (Lipinski definition) is 1. The van der Waals surface area contributed by atoms with Crippen molar-refractivity contribution in [2.45, 2.75) is 11.9 Å². The van der Waals surface area contributed by atoms with Gasteiger partial charge in [-0.3, -0.25) is 0 Å². The highest BCUT2D eigenvalue weighted by Gasteiger charge is 2.09. The molecule has 2 rings (SSSR count). The van der Waals surface area contributed by atoms with Crippen molar-refractivity contribution >= 4 is 28.2 Å². The Bertz CT molecular complexity index is 482. The lowest BCUT2D eigenvalue weighted by Gasteiger charge is -1.99. The normalized spacial score (nSPS) is 10.7. The summed E-state index contributed by atoms with van der Waals surface area (Å²) in [6, 6.07) is 8.34. The van der Waals surface area contributed by atoms with Gasteiger partial charge in [-0.1, -0.05) is 24.8 Å². The highest BCUT2D eigenvalue weighted by molar-refractivity contribution is 7.98. The van der Waals surface area contributed by atoms with Crippen molar-refractivity contribution in [3.8, 4) is 0 Å². The van der Waals surface area contributed by atoms with E-state index in [4.69, 9.17) is 0 Å². The van der Waals surface area contributed by atoms with E-state index in [0.717, 1.165) is 5.57 Å². The molecule has 0 atom stereocenters. The molecular formula is C12H13NS. The van der Waals surface area contributed by atoms with Crippen LogP contribution in [-0.2, 0) is 0 Å². The lowest BCUT2D eigenvalue weighted by molar-refractivity contribution is 1.22. The molecule has 0 radical (unpaired) electrons. The van der Waals surface area contributed by atoms with Crippen LogP contribution in [0.15, 0.2) is 35.9 Å². The van der Waals surface area contributed by atoms with E-state index in [0.29, 0.717) is 0 Å². The first-order valence-corrected chi connectivity index (χ1v) is 5.77. The second kappa shape index (κ2) is 3.54. The predicted octanol–water partition coefficient (Wildman–Crippen LogP) is 3.92. The average Bonchev–Trinajstić information content (AvgIpc) is 2.55. The zero-order valence-electron chi connectivity index (χ0n) is 8.42. The Morgan fingerprint density at radius 2 is 2.07 bits per heavy atom. The second-order valence-corrected chi connectivity index (χ2v) is 4.18. The highest BCUT2D eigenvalue weighted by Crippen LogP contribution is 2.32. The molecule has 1 heterocycles. The summed E-state index contributed by atoms with van der Waals surface area (Å²) in [4.78, 5) is 3.40. The number of rotatable bonds is 2. The molecule has 2 aromatic rings. The van der Waals surface area contributed by atoms with Gasteiger partial charge < -0.3 is 4.98 Å². The summed E-state index contributed by atoms with van der Waals surface area (Å²) in [5, 5.41) is 2.48. The maximum absolute atomic E-state index is 4.02. The van der Waals surface area contributed by atoms with Crippen LogP contribution in [0.2, 0.25) is 0 Å². The SMILES string of the molecule is C=C(C)c1c(SC)[nH]c2ccccc12. The van der Waals surface area contributed by atoms with Crippen LogP contribution in [0.1, 0.15) is 12.5 Å². The Kier molecular flexibility index (Phi) is 2.38. The molecule has 0 bridgehead atoms. The molecule has 0 aliphatic heterocycles. The Morgan fingerprint density at radius 1 is 1.36 bits per heavy atom. The van der Waals surface area contributed by atoms with E-state index in [1.54, 1.807) is 11.8 Å². The summed E-state index contributed by atoms with van der Waals surface area (Å²) in [5.41, 5.74) is 3.56. The molecule has 1 N–H and O–H groups in total. The van der Waals surface area contributed by atoms with E-state index in [1.165, 1.54) is 21.5 Å². The Morgan fingerprint density at radius 3 is 2.71 bits per heavy atom. The van der Waals surface area contributed by atoms with E-state index in [2.05, 4.69) is 42.9 Å². The van der Waals surface area contributed by atoms with Gasteiger partial charge in [-0.05, 0) is 24.8 Å². The first-order valence-electron chi connectivity index (χ1n) is 4.54. The quantitative estimate of drug-likeness (QED) is 0.731. The number of H-pyrrole nitrogens is 1. The van der Waals surface area contributed by atoms with Gasteiger partial charge in [0, 0.05) is 16.5 Å². The zero-order valence-corrected chi connectivity index (χ0v) is 9.24. The lowest BCUT2D eigenvalue weighted by Crippen LogP contribution is -1.77. The highest BCUT2D eigenvalue weighted by atomic mass is 32.2. The van der Waals surface area contributed by atoms with E-state index >= 15 is 0 Å². The van der Waals surface area contributed by atoms with Crippen molar-refractivity contribution in [1.29, 1.82) is 0 Å². The number of aromatic amines is 1. The second-order valence-electron chi connectivity index (χ2n) is 3.36. The average molecular weight is 203 g/mol. The van der Waals surface area contributed by atoms with Gasteiger partial charge in [-0.15, -0.1) is 11.8 Å². The van der Waals surface area contributed by atoms with Gasteiger partial charge in [0.15, 0.2) is 0 Å². The van der Waals surface area contributed by atoms with Crippen LogP contribution in [-0.4, -0.2) is 11.2 Å². The molecular weight excluding hydrogens is 190 g/mol. The molecule has 0 fully saturated rings. The number of benzene rings is 1. The molecule has 0 spiro atoms. The smallest absolute Gasteiger partial charge is 0.0806 e. The molecule has 0 saturated heterocycles. The summed E-state index contributed by atoms with van der Waals surface area (Å²) in [5.74, 6) is 0. The Balaban J connectivity index is 2.81. The fourth-order valence-corrected chi connectivity index (χ4v) is 2.39. The molecule has 0 aliphatic rings. The molecule has 0 amide bonds. The number of fused-ring (bicyclic) bond motifs is 1. The minimum Gasteiger partial charge on any atom is -0.349 e. The van der Waals surface area contributed by atoms with E-state index in [1.807, 2.05) is 6.07 Å². The van der Waals surface area contributed by atoms with Gasteiger partial charge in [0.05, 0.1) is 5.03 Å². The van der Waals surface area contributed by atoms with E-state index in [9.17, 15) is 0 Å². The lowest BCUT2D eigenvalue weighted by atomic mass is 10.1. The van der Waals surface area contributed by atoms with Crippen LogP contribution in [0, 0.1) is 0 Å². The van der Waals surface area contributed by atoms with Crippen molar-refractivity contribution in [3.63, 3.8) is 0 Å². The number of allylic oxidation sites excluding steroid dienone is 1. The van der Waals surface area contributed by atoms with E-state index < -0.39 is 0 Å². The van der Waals surface area contributed by atoms with Gasteiger partial charge in [-0.2, -0.15) is 0 Å². The third-order valence-electron chi connectivity index (χ3n) is 2.30.